The van der Waals surface area contributed by atoms with Crippen LogP contribution in [-0.2, 0) is 30.8 Å². The summed E-state index contributed by atoms with van der Waals surface area (Å²) < 4.78 is 55.6. The quantitative estimate of drug-likeness (QED) is 0.0985. The van der Waals surface area contributed by atoms with Gasteiger partial charge >= 0.3 is 16.1 Å². The van der Waals surface area contributed by atoms with Crippen molar-refractivity contribution in [2.24, 2.45) is 0 Å². The predicted molar refractivity (Wildman–Crippen MR) is 141 cm³/mol. The van der Waals surface area contributed by atoms with Crippen molar-refractivity contribution in [1.29, 1.82) is 0 Å². The van der Waals surface area contributed by atoms with Crippen molar-refractivity contribution in [2.45, 2.75) is 40.0 Å². The highest BCUT2D eigenvalue weighted by Gasteiger charge is 2.14. The highest BCUT2D eigenvalue weighted by molar-refractivity contribution is 7.86. The Morgan fingerprint density at radius 3 is 2.22 bits per heavy atom. The Bertz CT molecular complexity index is 1160. The number of carbonyl (C=O) groups excluding carboxylic acids is 1. The standard InChI is InChI=1S/C27H36O9S/c1-6-9-15-34-25-18-21(19-26(32-7-2)27(28)33-8-3)11-12-22(25)35-16-14-20-10-13-23(24(17-20)31-4)36-37(5,29)30/h10-13,17-19H,6-9,14-16H2,1-5H3/b26-19-. The van der Waals surface area contributed by atoms with E-state index in [2.05, 4.69) is 6.92 Å². The number of methoxy groups -OCH3 is 1. The summed E-state index contributed by atoms with van der Waals surface area (Å²) in [6.45, 7) is 7.05. The fourth-order valence-electron chi connectivity index (χ4n) is 3.22. The summed E-state index contributed by atoms with van der Waals surface area (Å²) in [7, 11) is -2.22. The van der Waals surface area contributed by atoms with Crippen LogP contribution in [0.3, 0.4) is 0 Å². The molecule has 0 unspecified atom stereocenters. The molecule has 0 aliphatic carbocycles. The second-order valence-corrected chi connectivity index (χ2v) is 9.52. The molecule has 9 nitrogen and oxygen atoms in total. The van der Waals surface area contributed by atoms with Gasteiger partial charge < -0.3 is 27.9 Å². The Labute approximate surface area is 219 Å². The second kappa shape index (κ2) is 15.0. The van der Waals surface area contributed by atoms with E-state index in [0.29, 0.717) is 49.1 Å². The van der Waals surface area contributed by atoms with E-state index >= 15 is 0 Å². The van der Waals surface area contributed by atoms with Gasteiger partial charge in [-0.3, -0.25) is 0 Å². The third-order valence-corrected chi connectivity index (χ3v) is 5.40. The largest absolute Gasteiger partial charge is 0.493 e. The topological polar surface area (TPSA) is 107 Å². The summed E-state index contributed by atoms with van der Waals surface area (Å²) in [5.74, 6) is 1.15. The van der Waals surface area contributed by atoms with E-state index < -0.39 is 16.1 Å². The van der Waals surface area contributed by atoms with Crippen molar-refractivity contribution in [1.82, 2.24) is 0 Å². The minimum absolute atomic E-state index is 0.120. The van der Waals surface area contributed by atoms with Crippen LogP contribution in [0.2, 0.25) is 0 Å². The first-order valence-corrected chi connectivity index (χ1v) is 14.0. The van der Waals surface area contributed by atoms with Gasteiger partial charge in [0.05, 0.1) is 39.8 Å². The first-order chi connectivity index (χ1) is 17.7. The normalized spacial score (nSPS) is 11.5. The van der Waals surface area contributed by atoms with Crippen LogP contribution < -0.4 is 18.4 Å². The van der Waals surface area contributed by atoms with E-state index in [9.17, 15) is 13.2 Å². The van der Waals surface area contributed by atoms with Crippen molar-refractivity contribution >= 4 is 22.2 Å². The maximum atomic E-state index is 12.2. The molecule has 10 heteroatoms. The number of unbranched alkanes of at least 4 members (excludes halogenated alkanes) is 1. The number of rotatable bonds is 16. The van der Waals surface area contributed by atoms with Gasteiger partial charge in [0.15, 0.2) is 23.0 Å². The lowest BCUT2D eigenvalue weighted by molar-refractivity contribution is -0.142. The Hall–Kier alpha value is -3.40. The van der Waals surface area contributed by atoms with E-state index in [1.54, 1.807) is 56.3 Å². The van der Waals surface area contributed by atoms with Gasteiger partial charge in [-0.05, 0) is 61.7 Å². The molecular formula is C27H36O9S. The summed E-state index contributed by atoms with van der Waals surface area (Å²) >= 11 is 0. The lowest BCUT2D eigenvalue weighted by atomic mass is 10.1. The van der Waals surface area contributed by atoms with Crippen LogP contribution in [0.25, 0.3) is 6.08 Å². The molecule has 0 heterocycles. The zero-order chi connectivity index (χ0) is 27.3. The fourth-order valence-corrected chi connectivity index (χ4v) is 3.68. The van der Waals surface area contributed by atoms with E-state index in [0.717, 1.165) is 24.7 Å². The van der Waals surface area contributed by atoms with Crippen molar-refractivity contribution in [3.05, 3.63) is 53.3 Å². The molecule has 2 rings (SSSR count). The van der Waals surface area contributed by atoms with Crippen LogP contribution in [-0.4, -0.2) is 54.2 Å². The second-order valence-electron chi connectivity index (χ2n) is 7.94. The van der Waals surface area contributed by atoms with Gasteiger partial charge in [-0.25, -0.2) is 4.79 Å². The fraction of sp³-hybridized carbons (Fsp3) is 0.444. The van der Waals surface area contributed by atoms with E-state index in [-0.39, 0.29) is 18.1 Å². The van der Waals surface area contributed by atoms with Gasteiger partial charge in [-0.15, -0.1) is 0 Å². The molecule has 0 bridgehead atoms. The summed E-state index contributed by atoms with van der Waals surface area (Å²) in [5, 5.41) is 0. The molecule has 0 aliphatic heterocycles. The highest BCUT2D eigenvalue weighted by Crippen LogP contribution is 2.31. The smallest absolute Gasteiger partial charge is 0.373 e. The molecule has 0 saturated heterocycles. The lowest BCUT2D eigenvalue weighted by Crippen LogP contribution is -2.10. The minimum Gasteiger partial charge on any atom is -0.493 e. The number of hydrogen-bond donors (Lipinski definition) is 0. The van der Waals surface area contributed by atoms with Gasteiger partial charge in [0.25, 0.3) is 0 Å². The maximum absolute atomic E-state index is 12.2. The van der Waals surface area contributed by atoms with E-state index in [1.165, 1.54) is 7.11 Å². The summed E-state index contributed by atoms with van der Waals surface area (Å²) in [4.78, 5) is 12.2. The van der Waals surface area contributed by atoms with Crippen LogP contribution in [0.15, 0.2) is 42.2 Å². The molecule has 0 radical (unpaired) electrons. The first-order valence-electron chi connectivity index (χ1n) is 12.2. The molecule has 0 atom stereocenters. The molecule has 204 valence electrons. The monoisotopic (exact) mass is 536 g/mol. The molecule has 2 aromatic rings. The molecule has 0 spiro atoms. The minimum atomic E-state index is -3.67. The van der Waals surface area contributed by atoms with Crippen LogP contribution >= 0.6 is 0 Å². The third kappa shape index (κ3) is 10.2. The molecule has 0 aliphatic rings. The van der Waals surface area contributed by atoms with Crippen LogP contribution in [0.4, 0.5) is 0 Å². The molecule has 0 saturated carbocycles. The van der Waals surface area contributed by atoms with Gasteiger partial charge in [0, 0.05) is 6.42 Å². The number of benzene rings is 2. The number of hydrogen-bond acceptors (Lipinski definition) is 9. The van der Waals surface area contributed by atoms with Crippen LogP contribution in [0.1, 0.15) is 44.7 Å². The Morgan fingerprint density at radius 2 is 1.57 bits per heavy atom. The maximum Gasteiger partial charge on any atom is 0.373 e. The van der Waals surface area contributed by atoms with Crippen molar-refractivity contribution in [3.8, 4) is 23.0 Å². The Kier molecular flexibility index (Phi) is 12.1. The highest BCUT2D eigenvalue weighted by atomic mass is 32.2. The Balaban J connectivity index is 2.18. The van der Waals surface area contributed by atoms with Crippen molar-refractivity contribution in [3.63, 3.8) is 0 Å². The molecule has 0 aromatic heterocycles. The SMILES string of the molecule is CCCCOc1cc(/C=C(\OCC)C(=O)OCC)ccc1OCCc1ccc(OS(C)(=O)=O)c(OC)c1. The molecule has 37 heavy (non-hydrogen) atoms. The summed E-state index contributed by atoms with van der Waals surface area (Å²) in [6.07, 6.45) is 4.99. The predicted octanol–water partition coefficient (Wildman–Crippen LogP) is 4.77. The number of esters is 1. The molecule has 0 N–H and O–H groups in total. The van der Waals surface area contributed by atoms with E-state index in [1.807, 2.05) is 0 Å². The zero-order valence-electron chi connectivity index (χ0n) is 22.1. The summed E-state index contributed by atoms with van der Waals surface area (Å²) in [5.41, 5.74) is 1.59. The number of carbonyl (C=O) groups is 1. The zero-order valence-corrected chi connectivity index (χ0v) is 22.9. The first kappa shape index (κ1) is 29.8. The van der Waals surface area contributed by atoms with Gasteiger partial charge in [-0.2, -0.15) is 8.42 Å². The third-order valence-electron chi connectivity index (χ3n) is 4.91. The molecular weight excluding hydrogens is 500 g/mol. The molecule has 0 fully saturated rings. The van der Waals surface area contributed by atoms with Gasteiger partial charge in [-0.1, -0.05) is 25.5 Å². The summed E-state index contributed by atoms with van der Waals surface area (Å²) in [6, 6.07) is 10.4. The van der Waals surface area contributed by atoms with Crippen LogP contribution in [0, 0.1) is 0 Å². The van der Waals surface area contributed by atoms with E-state index in [4.69, 9.17) is 27.9 Å². The van der Waals surface area contributed by atoms with Gasteiger partial charge in [0.1, 0.15) is 0 Å². The van der Waals surface area contributed by atoms with Crippen molar-refractivity contribution in [2.75, 3.05) is 39.8 Å². The van der Waals surface area contributed by atoms with Crippen molar-refractivity contribution < 1.29 is 41.1 Å². The van der Waals surface area contributed by atoms with Gasteiger partial charge in [0.2, 0.25) is 5.76 Å². The molecule has 0 amide bonds. The molecule has 2 aromatic carbocycles. The Morgan fingerprint density at radius 1 is 0.865 bits per heavy atom. The average Bonchev–Trinajstić information content (AvgIpc) is 2.85. The van der Waals surface area contributed by atoms with Crippen LogP contribution in [0.5, 0.6) is 23.0 Å². The lowest BCUT2D eigenvalue weighted by Gasteiger charge is -2.15. The average molecular weight is 537 g/mol. The number of ether oxygens (including phenoxy) is 5.